The Kier molecular flexibility index (Phi) is 14.0. The van der Waals surface area contributed by atoms with Crippen molar-refractivity contribution in [2.24, 2.45) is 0 Å². The van der Waals surface area contributed by atoms with Crippen LogP contribution in [0.15, 0.2) is 97.6 Å². The second-order valence-corrected chi connectivity index (χ2v) is 12.6. The van der Waals surface area contributed by atoms with Crippen LogP contribution in [0.4, 0.5) is 0 Å². The number of hydrogen-bond acceptors (Lipinski definition) is 6. The predicted octanol–water partition coefficient (Wildman–Crippen LogP) is 9.08. The van der Waals surface area contributed by atoms with Crippen LogP contribution in [0.25, 0.3) is 33.8 Å². The summed E-state index contributed by atoms with van der Waals surface area (Å²) < 4.78 is 0. The molecule has 0 bridgehead atoms. The quantitative estimate of drug-likeness (QED) is 0.143. The molecule has 0 amide bonds. The first-order valence-corrected chi connectivity index (χ1v) is 16.2. The van der Waals surface area contributed by atoms with Gasteiger partial charge in [0.25, 0.3) is 0 Å². The number of nitrogens with zero attached hydrogens (tertiary/aromatic N) is 4. The molecule has 252 valence electrons. The van der Waals surface area contributed by atoms with Gasteiger partial charge in [-0.25, -0.2) is 19.9 Å². The Labute approximate surface area is 297 Å². The molecule has 6 aromatic rings. The van der Waals surface area contributed by atoms with Crippen molar-refractivity contribution < 1.29 is 10.0 Å². The molecule has 0 aliphatic carbocycles. The minimum absolute atomic E-state index is 0. The molecule has 0 aliphatic rings. The molecule has 4 aromatic carbocycles. The molecule has 49 heavy (non-hydrogen) atoms. The number of halogens is 1. The van der Waals surface area contributed by atoms with E-state index in [1.807, 2.05) is 32.0 Å². The van der Waals surface area contributed by atoms with Gasteiger partial charge in [0.1, 0.15) is 17.8 Å². The van der Waals surface area contributed by atoms with E-state index in [0.29, 0.717) is 10.6 Å². The zero-order chi connectivity index (χ0) is 35.0. The van der Waals surface area contributed by atoms with Crippen LogP contribution in [0.1, 0.15) is 51.9 Å². The van der Waals surface area contributed by atoms with Gasteiger partial charge in [-0.2, -0.15) is 0 Å². The van der Waals surface area contributed by atoms with E-state index in [-0.39, 0.29) is 7.43 Å². The fourth-order valence-electron chi connectivity index (χ4n) is 5.84. The van der Waals surface area contributed by atoms with E-state index < -0.39 is 7.12 Å². The Bertz CT molecular complexity index is 1950. The van der Waals surface area contributed by atoms with Crippen molar-refractivity contribution in [3.63, 3.8) is 0 Å². The Morgan fingerprint density at radius 3 is 1.29 bits per heavy atom. The van der Waals surface area contributed by atoms with Gasteiger partial charge in [-0.3, -0.25) is 0 Å². The number of aromatic nitrogens is 4. The number of hydrogen-bond donors (Lipinski definition) is 2. The summed E-state index contributed by atoms with van der Waals surface area (Å²) in [6.07, 6.45) is 3.14. The van der Waals surface area contributed by atoms with E-state index in [4.69, 9.17) is 21.6 Å². The third-order valence-corrected chi connectivity index (χ3v) is 8.08. The maximum atomic E-state index is 8.94. The molecule has 2 aromatic heterocycles. The molecule has 0 atom stereocenters. The van der Waals surface area contributed by atoms with Gasteiger partial charge >= 0.3 is 7.12 Å². The highest BCUT2D eigenvalue weighted by Gasteiger charge is 2.15. The van der Waals surface area contributed by atoms with Gasteiger partial charge in [0.2, 0.25) is 0 Å². The normalized spacial score (nSPS) is 10.2. The molecule has 8 heteroatoms. The maximum absolute atomic E-state index is 8.94. The molecule has 2 N–H and O–H groups in total. The van der Waals surface area contributed by atoms with Crippen molar-refractivity contribution in [1.82, 2.24) is 19.9 Å². The van der Waals surface area contributed by atoms with Crippen LogP contribution < -0.4 is 5.46 Å². The average Bonchev–Trinajstić information content (AvgIpc) is 3.01. The summed E-state index contributed by atoms with van der Waals surface area (Å²) in [6.45, 7) is 16.3. The van der Waals surface area contributed by atoms with Gasteiger partial charge in [0, 0.05) is 22.8 Å². The lowest BCUT2D eigenvalue weighted by atomic mass is 9.74. The minimum atomic E-state index is -1.35. The summed E-state index contributed by atoms with van der Waals surface area (Å²) in [5.74, 6) is 0. The third-order valence-electron chi connectivity index (χ3n) is 7.87. The molecule has 6 nitrogen and oxygen atoms in total. The van der Waals surface area contributed by atoms with Crippen LogP contribution in [0.2, 0.25) is 5.15 Å². The van der Waals surface area contributed by atoms with E-state index in [1.54, 1.807) is 12.4 Å². The lowest BCUT2D eigenvalue weighted by Crippen LogP contribution is -2.34. The minimum Gasteiger partial charge on any atom is -0.423 e. The molecule has 2 heterocycles. The second kappa shape index (κ2) is 17.6. The van der Waals surface area contributed by atoms with Gasteiger partial charge in [0.15, 0.2) is 0 Å². The molecular weight excluding hydrogens is 627 g/mol. The lowest BCUT2D eigenvalue weighted by molar-refractivity contribution is 0.425. The van der Waals surface area contributed by atoms with Gasteiger partial charge in [0.05, 0.1) is 17.1 Å². The Morgan fingerprint density at radius 2 is 0.878 bits per heavy atom. The van der Waals surface area contributed by atoms with E-state index in [1.165, 1.54) is 45.3 Å². The standard InChI is InChI=1S/C20H20N2.C12H11ClN2.C8H11BO2.CH4/c1-13-8-14(2)10-17(9-13)18-11-19(22-12-21-18)20-15(3)6-5-7-16(20)4;1-8-3-9(2)5-10(4-8)11-6-12(13)15-7-14-11;1-6-4-3-5-7(2)8(6)9(10)11;/h5-12H,1-4H3;3-7H,1-2H3;3-5,10-11H,1-2H3;1H4. The van der Waals surface area contributed by atoms with Crippen LogP contribution in [-0.2, 0) is 0 Å². The lowest BCUT2D eigenvalue weighted by Gasteiger charge is -2.10. The summed E-state index contributed by atoms with van der Waals surface area (Å²) in [5.41, 5.74) is 16.1. The van der Waals surface area contributed by atoms with Crippen molar-refractivity contribution in [1.29, 1.82) is 0 Å². The maximum Gasteiger partial charge on any atom is 0.488 e. The molecule has 0 fully saturated rings. The molecule has 0 saturated carbocycles. The third kappa shape index (κ3) is 10.7. The smallest absolute Gasteiger partial charge is 0.423 e. The second-order valence-electron chi connectivity index (χ2n) is 12.2. The molecule has 0 saturated heterocycles. The van der Waals surface area contributed by atoms with Crippen LogP contribution in [0, 0.1) is 55.4 Å². The van der Waals surface area contributed by atoms with Crippen LogP contribution in [0.3, 0.4) is 0 Å². The monoisotopic (exact) mass is 672 g/mol. The fourth-order valence-corrected chi connectivity index (χ4v) is 5.99. The van der Waals surface area contributed by atoms with Crippen molar-refractivity contribution in [2.45, 2.75) is 62.8 Å². The van der Waals surface area contributed by atoms with E-state index in [0.717, 1.165) is 39.3 Å². The van der Waals surface area contributed by atoms with Gasteiger partial charge < -0.3 is 10.0 Å². The Hall–Kier alpha value is -4.69. The SMILES string of the molecule is C.Cc1cc(C)cc(-c2cc(-c3c(C)cccc3C)ncn2)c1.Cc1cc(C)cc(-c2cc(Cl)ncn2)c1.Cc1cccc(C)c1B(O)O. The topological polar surface area (TPSA) is 92.0 Å². The summed E-state index contributed by atoms with van der Waals surface area (Å²) >= 11 is 5.82. The largest absolute Gasteiger partial charge is 0.488 e. The fraction of sp³-hybridized carbons (Fsp3) is 0.220. The molecule has 6 rings (SSSR count). The first-order chi connectivity index (χ1) is 22.8. The first kappa shape index (κ1) is 38.8. The number of benzene rings is 4. The van der Waals surface area contributed by atoms with Gasteiger partial charge in [-0.15, -0.1) is 0 Å². The molecule has 0 spiro atoms. The Balaban J connectivity index is 0.000000210. The summed E-state index contributed by atoms with van der Waals surface area (Å²) in [7, 11) is -1.35. The summed E-state index contributed by atoms with van der Waals surface area (Å²) in [4.78, 5) is 17.0. The van der Waals surface area contributed by atoms with E-state index in [2.05, 4.69) is 122 Å². The van der Waals surface area contributed by atoms with E-state index >= 15 is 0 Å². The van der Waals surface area contributed by atoms with Crippen molar-refractivity contribution >= 4 is 24.2 Å². The van der Waals surface area contributed by atoms with E-state index in [9.17, 15) is 0 Å². The molecular formula is C41H46BClN4O2. The zero-order valence-corrected chi connectivity index (χ0v) is 29.6. The zero-order valence-electron chi connectivity index (χ0n) is 28.9. The highest BCUT2D eigenvalue weighted by Crippen LogP contribution is 2.28. The van der Waals surface area contributed by atoms with Crippen LogP contribution in [0.5, 0.6) is 0 Å². The highest BCUT2D eigenvalue weighted by molar-refractivity contribution is 6.59. The first-order valence-electron chi connectivity index (χ1n) is 15.8. The van der Waals surface area contributed by atoms with Crippen LogP contribution >= 0.6 is 11.6 Å². The summed E-state index contributed by atoms with van der Waals surface area (Å²) in [6, 6.07) is 28.6. The van der Waals surface area contributed by atoms with Gasteiger partial charge in [-0.05, 0) is 102 Å². The average molecular weight is 673 g/mol. The molecule has 0 aliphatic heterocycles. The van der Waals surface area contributed by atoms with Crippen molar-refractivity contribution in [3.8, 4) is 33.8 Å². The Morgan fingerprint density at radius 1 is 0.490 bits per heavy atom. The molecule has 0 unspecified atom stereocenters. The van der Waals surface area contributed by atoms with Crippen molar-refractivity contribution in [2.75, 3.05) is 0 Å². The summed E-state index contributed by atoms with van der Waals surface area (Å²) in [5, 5.41) is 18.4. The van der Waals surface area contributed by atoms with Crippen LogP contribution in [-0.4, -0.2) is 37.1 Å². The molecule has 0 radical (unpaired) electrons. The highest BCUT2D eigenvalue weighted by atomic mass is 35.5. The number of aryl methyl sites for hydroxylation is 8. The predicted molar refractivity (Wildman–Crippen MR) is 206 cm³/mol. The number of rotatable bonds is 4. The van der Waals surface area contributed by atoms with Gasteiger partial charge in [-0.1, -0.05) is 101 Å². The van der Waals surface area contributed by atoms with Crippen molar-refractivity contribution in [3.05, 3.63) is 147 Å².